The van der Waals surface area contributed by atoms with Crippen molar-refractivity contribution < 1.29 is 14.3 Å². The van der Waals surface area contributed by atoms with E-state index >= 15 is 0 Å². The van der Waals surface area contributed by atoms with Gasteiger partial charge in [-0.15, -0.1) is 11.3 Å². The normalized spacial score (nSPS) is 10.1. The minimum atomic E-state index is -0.0841. The molecule has 1 heterocycles. The van der Waals surface area contributed by atoms with E-state index in [9.17, 15) is 9.59 Å². The highest BCUT2D eigenvalue weighted by Gasteiger charge is 2.08. The molecule has 0 aliphatic heterocycles. The van der Waals surface area contributed by atoms with Crippen LogP contribution >= 0.6 is 11.3 Å². The maximum Gasteiger partial charge on any atom is 0.224 e. The highest BCUT2D eigenvalue weighted by molar-refractivity contribution is 7.12. The molecule has 0 saturated carbocycles. The quantitative estimate of drug-likeness (QED) is 0.793. The first-order valence-corrected chi connectivity index (χ1v) is 7.57. The van der Waals surface area contributed by atoms with Crippen LogP contribution in [0.1, 0.15) is 28.9 Å². The third kappa shape index (κ3) is 4.72. The first kappa shape index (κ1) is 15.3. The van der Waals surface area contributed by atoms with Crippen LogP contribution in [0.25, 0.3) is 0 Å². The van der Waals surface area contributed by atoms with Gasteiger partial charge in [-0.2, -0.15) is 0 Å². The number of amides is 1. The number of anilines is 1. The van der Waals surface area contributed by atoms with Crippen LogP contribution in [-0.4, -0.2) is 18.8 Å². The maximum atomic E-state index is 11.8. The molecule has 0 aliphatic carbocycles. The summed E-state index contributed by atoms with van der Waals surface area (Å²) in [7, 11) is 1.60. The van der Waals surface area contributed by atoms with Crippen molar-refractivity contribution in [2.45, 2.75) is 19.3 Å². The van der Waals surface area contributed by atoms with E-state index in [1.54, 1.807) is 31.4 Å². The molecule has 0 spiro atoms. The van der Waals surface area contributed by atoms with Crippen molar-refractivity contribution >= 4 is 28.7 Å². The number of ether oxygens (including phenoxy) is 1. The number of ketones is 1. The van der Waals surface area contributed by atoms with Gasteiger partial charge in [0, 0.05) is 18.5 Å². The van der Waals surface area contributed by atoms with Gasteiger partial charge in [-0.25, -0.2) is 0 Å². The number of hydrogen-bond donors (Lipinski definition) is 1. The van der Waals surface area contributed by atoms with Crippen LogP contribution < -0.4 is 10.1 Å². The van der Waals surface area contributed by atoms with Gasteiger partial charge in [-0.3, -0.25) is 9.59 Å². The van der Waals surface area contributed by atoms with Gasteiger partial charge >= 0.3 is 0 Å². The Morgan fingerprint density at radius 2 is 1.90 bits per heavy atom. The van der Waals surface area contributed by atoms with Crippen LogP contribution in [0.5, 0.6) is 5.75 Å². The van der Waals surface area contributed by atoms with E-state index < -0.39 is 0 Å². The van der Waals surface area contributed by atoms with E-state index in [1.807, 2.05) is 17.5 Å². The van der Waals surface area contributed by atoms with Gasteiger partial charge in [-0.05, 0) is 42.1 Å². The molecule has 0 saturated heterocycles. The molecule has 0 atom stereocenters. The van der Waals surface area contributed by atoms with Crippen LogP contribution in [0.2, 0.25) is 0 Å². The number of carbonyl (C=O) groups is 2. The number of benzene rings is 1. The Labute approximate surface area is 127 Å². The molecule has 1 N–H and O–H groups in total. The van der Waals surface area contributed by atoms with Crippen molar-refractivity contribution in [2.75, 3.05) is 12.4 Å². The lowest BCUT2D eigenvalue weighted by Gasteiger charge is -2.06. The third-order valence-electron chi connectivity index (χ3n) is 2.98. The lowest BCUT2D eigenvalue weighted by atomic mass is 10.1. The monoisotopic (exact) mass is 303 g/mol. The number of methoxy groups -OCH3 is 1. The molecule has 0 radical (unpaired) electrons. The molecule has 110 valence electrons. The first-order chi connectivity index (χ1) is 10.2. The lowest BCUT2D eigenvalue weighted by Crippen LogP contribution is -2.11. The van der Waals surface area contributed by atoms with Crippen molar-refractivity contribution in [3.8, 4) is 5.75 Å². The summed E-state index contributed by atoms with van der Waals surface area (Å²) >= 11 is 1.43. The van der Waals surface area contributed by atoms with Crippen molar-refractivity contribution in [3.05, 3.63) is 46.7 Å². The molecule has 0 aliphatic rings. The van der Waals surface area contributed by atoms with E-state index in [2.05, 4.69) is 5.32 Å². The SMILES string of the molecule is COc1ccc(NC(=O)CCCC(=O)c2cccs2)cc1. The summed E-state index contributed by atoms with van der Waals surface area (Å²) < 4.78 is 5.05. The lowest BCUT2D eigenvalue weighted by molar-refractivity contribution is -0.116. The number of hydrogen-bond acceptors (Lipinski definition) is 4. The second-order valence-corrected chi connectivity index (χ2v) is 5.48. The van der Waals surface area contributed by atoms with Crippen molar-refractivity contribution in [1.29, 1.82) is 0 Å². The fraction of sp³-hybridized carbons (Fsp3) is 0.250. The van der Waals surface area contributed by atoms with E-state index in [0.717, 1.165) is 16.3 Å². The smallest absolute Gasteiger partial charge is 0.224 e. The number of thiophene rings is 1. The Bertz CT molecular complexity index is 590. The second kappa shape index (κ2) is 7.59. The summed E-state index contributed by atoms with van der Waals surface area (Å²) in [6, 6.07) is 10.8. The summed E-state index contributed by atoms with van der Waals surface area (Å²) in [6.45, 7) is 0. The third-order valence-corrected chi connectivity index (χ3v) is 3.89. The number of nitrogens with one attached hydrogen (secondary N) is 1. The molecule has 1 amide bonds. The van der Waals surface area contributed by atoms with Gasteiger partial charge in [-0.1, -0.05) is 6.07 Å². The van der Waals surface area contributed by atoms with E-state index in [4.69, 9.17) is 4.74 Å². The molecule has 0 bridgehead atoms. The number of carbonyl (C=O) groups excluding carboxylic acids is 2. The molecule has 21 heavy (non-hydrogen) atoms. The average molecular weight is 303 g/mol. The van der Waals surface area contributed by atoms with Gasteiger partial charge in [0.25, 0.3) is 0 Å². The maximum absolute atomic E-state index is 11.8. The predicted octanol–water partition coefficient (Wildman–Crippen LogP) is 3.75. The van der Waals surface area contributed by atoms with E-state index in [0.29, 0.717) is 19.3 Å². The fourth-order valence-corrected chi connectivity index (χ4v) is 2.56. The Morgan fingerprint density at radius 1 is 1.14 bits per heavy atom. The largest absolute Gasteiger partial charge is 0.497 e. The van der Waals surface area contributed by atoms with Gasteiger partial charge in [0.15, 0.2) is 5.78 Å². The van der Waals surface area contributed by atoms with Crippen molar-refractivity contribution in [2.24, 2.45) is 0 Å². The zero-order valence-corrected chi connectivity index (χ0v) is 12.6. The van der Waals surface area contributed by atoms with Gasteiger partial charge in [0.1, 0.15) is 5.75 Å². The summed E-state index contributed by atoms with van der Waals surface area (Å²) in [4.78, 5) is 24.3. The molecular formula is C16H17NO3S. The molecule has 5 heteroatoms. The number of Topliss-reactive ketones (excluding diaryl/α,β-unsaturated/α-hetero) is 1. The molecule has 0 fully saturated rings. The Kier molecular flexibility index (Phi) is 5.51. The van der Waals surface area contributed by atoms with Crippen molar-refractivity contribution in [1.82, 2.24) is 0 Å². The molecule has 2 rings (SSSR count). The zero-order valence-electron chi connectivity index (χ0n) is 11.8. The average Bonchev–Trinajstić information content (AvgIpc) is 3.02. The molecule has 1 aromatic carbocycles. The molecule has 4 nitrogen and oxygen atoms in total. The topological polar surface area (TPSA) is 55.4 Å². The van der Waals surface area contributed by atoms with Crippen LogP contribution in [0.4, 0.5) is 5.69 Å². The minimum Gasteiger partial charge on any atom is -0.497 e. The van der Waals surface area contributed by atoms with Crippen LogP contribution in [-0.2, 0) is 4.79 Å². The van der Waals surface area contributed by atoms with Crippen LogP contribution in [0, 0.1) is 0 Å². The highest BCUT2D eigenvalue weighted by Crippen LogP contribution is 2.16. The Morgan fingerprint density at radius 3 is 2.52 bits per heavy atom. The fourth-order valence-electron chi connectivity index (χ4n) is 1.87. The van der Waals surface area contributed by atoms with Gasteiger partial charge < -0.3 is 10.1 Å². The minimum absolute atomic E-state index is 0.0841. The van der Waals surface area contributed by atoms with E-state index in [1.165, 1.54) is 11.3 Å². The number of rotatable bonds is 7. The molecular weight excluding hydrogens is 286 g/mol. The van der Waals surface area contributed by atoms with Gasteiger partial charge in [0.05, 0.1) is 12.0 Å². The Hall–Kier alpha value is -2.14. The van der Waals surface area contributed by atoms with Crippen LogP contribution in [0.3, 0.4) is 0 Å². The zero-order chi connectivity index (χ0) is 15.1. The molecule has 2 aromatic rings. The van der Waals surface area contributed by atoms with Crippen LogP contribution in [0.15, 0.2) is 41.8 Å². The molecule has 0 unspecified atom stereocenters. The first-order valence-electron chi connectivity index (χ1n) is 6.69. The standard InChI is InChI=1S/C16H17NO3S/c1-20-13-9-7-12(8-10-13)17-16(19)6-2-4-14(18)15-5-3-11-21-15/h3,5,7-11H,2,4,6H2,1H3,(H,17,19). The second-order valence-electron chi connectivity index (χ2n) is 4.53. The predicted molar refractivity (Wildman–Crippen MR) is 84.1 cm³/mol. The molecule has 1 aromatic heterocycles. The highest BCUT2D eigenvalue weighted by atomic mass is 32.1. The summed E-state index contributed by atoms with van der Waals surface area (Å²) in [5.41, 5.74) is 0.727. The van der Waals surface area contributed by atoms with Crippen molar-refractivity contribution in [3.63, 3.8) is 0 Å². The summed E-state index contributed by atoms with van der Waals surface area (Å²) in [6.07, 6.45) is 1.29. The van der Waals surface area contributed by atoms with Gasteiger partial charge in [0.2, 0.25) is 5.91 Å². The summed E-state index contributed by atoms with van der Waals surface area (Å²) in [5.74, 6) is 0.760. The Balaban J connectivity index is 1.73. The van der Waals surface area contributed by atoms with E-state index in [-0.39, 0.29) is 11.7 Å². The summed E-state index contributed by atoms with van der Waals surface area (Å²) in [5, 5.41) is 4.68.